The van der Waals surface area contributed by atoms with Gasteiger partial charge in [0.15, 0.2) is 0 Å². The number of hydrogen-bond donors (Lipinski definition) is 1. The average molecular weight is 363 g/mol. The van der Waals surface area contributed by atoms with Crippen LogP contribution in [0.25, 0.3) is 0 Å². The molecule has 0 radical (unpaired) electrons. The Hall–Kier alpha value is -1.75. The monoisotopic (exact) mass is 363 g/mol. The molecule has 1 aromatic rings. The lowest BCUT2D eigenvalue weighted by molar-refractivity contribution is -0.118. The molecule has 0 aromatic heterocycles. The Balaban J connectivity index is 2.46. The summed E-state index contributed by atoms with van der Waals surface area (Å²) in [5.41, 5.74) is 0.0515. The summed E-state index contributed by atoms with van der Waals surface area (Å²) in [6.45, 7) is 12.2. The molecule has 5 nitrogen and oxygen atoms in total. The molecule has 3 atom stereocenters. The van der Waals surface area contributed by atoms with Crippen LogP contribution in [0.5, 0.6) is 5.75 Å². The zero-order valence-electron chi connectivity index (χ0n) is 16.7. The molecule has 1 aliphatic heterocycles. The molecule has 146 valence electrons. The summed E-state index contributed by atoms with van der Waals surface area (Å²) < 4.78 is 11.5. The fourth-order valence-electron chi connectivity index (χ4n) is 4.32. The van der Waals surface area contributed by atoms with Gasteiger partial charge in [-0.2, -0.15) is 0 Å². The van der Waals surface area contributed by atoms with Gasteiger partial charge in [0.25, 0.3) is 0 Å². The first-order chi connectivity index (χ1) is 12.3. The van der Waals surface area contributed by atoms with Gasteiger partial charge in [-0.3, -0.25) is 0 Å². The molecule has 1 saturated heterocycles. The largest absolute Gasteiger partial charge is 0.506 e. The Kier molecular flexibility index (Phi) is 6.93. The van der Waals surface area contributed by atoms with Crippen molar-refractivity contribution in [1.82, 2.24) is 4.90 Å². The van der Waals surface area contributed by atoms with E-state index in [-0.39, 0.29) is 12.0 Å². The van der Waals surface area contributed by atoms with Crippen LogP contribution < -0.4 is 4.74 Å². The second-order valence-corrected chi connectivity index (χ2v) is 7.48. The van der Waals surface area contributed by atoms with E-state index in [9.17, 15) is 9.90 Å². The Bertz CT molecular complexity index is 603. The molecule has 1 N–H and O–H groups in total. The van der Waals surface area contributed by atoms with Gasteiger partial charge < -0.3 is 19.5 Å². The highest BCUT2D eigenvalue weighted by Gasteiger charge is 2.50. The fraction of sp³-hybridized carbons (Fsp3) is 0.667. The molecule has 1 fully saturated rings. The van der Waals surface area contributed by atoms with E-state index in [0.29, 0.717) is 12.5 Å². The number of ether oxygens (including phenoxy) is 2. The summed E-state index contributed by atoms with van der Waals surface area (Å²) >= 11 is 0. The molecule has 1 heterocycles. The van der Waals surface area contributed by atoms with Crippen LogP contribution in [0.2, 0.25) is 0 Å². The van der Waals surface area contributed by atoms with Crippen molar-refractivity contribution in [3.8, 4) is 5.75 Å². The van der Waals surface area contributed by atoms with Crippen LogP contribution in [0.4, 0.5) is 4.79 Å². The van der Waals surface area contributed by atoms with Crippen molar-refractivity contribution in [2.75, 3.05) is 13.1 Å². The number of carboxylic acid groups (broad SMARTS) is 1. The molecule has 2 rings (SSSR count). The van der Waals surface area contributed by atoms with E-state index in [4.69, 9.17) is 9.47 Å². The zero-order valence-corrected chi connectivity index (χ0v) is 16.7. The molecule has 0 aliphatic carbocycles. The molecule has 0 spiro atoms. The molecule has 0 amide bonds. The van der Waals surface area contributed by atoms with Crippen LogP contribution in [0, 0.1) is 5.92 Å². The lowest BCUT2D eigenvalue weighted by Crippen LogP contribution is -2.56. The van der Waals surface area contributed by atoms with Crippen LogP contribution in [0.1, 0.15) is 59.4 Å². The van der Waals surface area contributed by atoms with E-state index in [2.05, 4.69) is 25.7 Å². The minimum absolute atomic E-state index is 0.0570. The number of carbonyl (C=O) groups is 1. The van der Waals surface area contributed by atoms with E-state index in [1.165, 1.54) is 0 Å². The quantitative estimate of drug-likeness (QED) is 0.699. The summed E-state index contributed by atoms with van der Waals surface area (Å²) in [5.74, 6) is 0.810. The summed E-state index contributed by atoms with van der Waals surface area (Å²) in [6.07, 6.45) is 1.59. The topological polar surface area (TPSA) is 59.0 Å². The van der Waals surface area contributed by atoms with Gasteiger partial charge >= 0.3 is 6.16 Å². The minimum atomic E-state index is -1.22. The van der Waals surface area contributed by atoms with Crippen molar-refractivity contribution >= 4 is 6.16 Å². The van der Waals surface area contributed by atoms with Crippen LogP contribution in [0.15, 0.2) is 24.3 Å². The first-order valence-corrected chi connectivity index (χ1v) is 9.77. The lowest BCUT2D eigenvalue weighted by Gasteiger charge is -2.50. The first kappa shape index (κ1) is 20.6. The number of hydrogen-bond acceptors (Lipinski definition) is 4. The third-order valence-corrected chi connectivity index (χ3v) is 5.51. The van der Waals surface area contributed by atoms with Crippen molar-refractivity contribution < 1.29 is 19.4 Å². The number of likely N-dealkylation sites (tertiary alicyclic amines) is 1. The van der Waals surface area contributed by atoms with Gasteiger partial charge in [-0.25, -0.2) is 4.79 Å². The molecule has 26 heavy (non-hydrogen) atoms. The average Bonchev–Trinajstić information content (AvgIpc) is 2.58. The number of nitrogens with zero attached hydrogens (tertiary/aromatic N) is 1. The van der Waals surface area contributed by atoms with Crippen molar-refractivity contribution in [3.05, 3.63) is 29.8 Å². The molecule has 1 aliphatic rings. The molecule has 0 bridgehead atoms. The Morgan fingerprint density at radius 3 is 2.69 bits per heavy atom. The number of benzene rings is 1. The third kappa shape index (κ3) is 4.32. The molecule has 3 unspecified atom stereocenters. The predicted molar refractivity (Wildman–Crippen MR) is 103 cm³/mol. The lowest BCUT2D eigenvalue weighted by atomic mass is 9.71. The molecule has 1 aromatic carbocycles. The minimum Gasteiger partial charge on any atom is -0.491 e. The maximum Gasteiger partial charge on any atom is 0.506 e. The van der Waals surface area contributed by atoms with E-state index in [0.717, 1.165) is 37.2 Å². The van der Waals surface area contributed by atoms with Crippen LogP contribution >= 0.6 is 0 Å². The van der Waals surface area contributed by atoms with Gasteiger partial charge in [-0.05, 0) is 44.5 Å². The van der Waals surface area contributed by atoms with Gasteiger partial charge in [0.05, 0.1) is 6.10 Å². The van der Waals surface area contributed by atoms with Gasteiger partial charge in [-0.1, -0.05) is 39.3 Å². The second-order valence-electron chi connectivity index (χ2n) is 7.48. The normalized spacial score (nSPS) is 26.7. The maximum absolute atomic E-state index is 11.6. The van der Waals surface area contributed by atoms with E-state index < -0.39 is 11.8 Å². The number of rotatable bonds is 7. The van der Waals surface area contributed by atoms with Crippen molar-refractivity contribution in [2.45, 2.75) is 71.6 Å². The van der Waals surface area contributed by atoms with Crippen LogP contribution in [-0.2, 0) is 10.3 Å². The summed E-state index contributed by atoms with van der Waals surface area (Å²) in [4.78, 5) is 14.1. The fourth-order valence-corrected chi connectivity index (χ4v) is 4.32. The number of piperidine rings is 1. The maximum atomic E-state index is 11.6. The van der Waals surface area contributed by atoms with E-state index >= 15 is 0 Å². The van der Waals surface area contributed by atoms with Crippen molar-refractivity contribution in [1.29, 1.82) is 0 Å². The van der Waals surface area contributed by atoms with Crippen molar-refractivity contribution in [2.24, 2.45) is 5.92 Å². The Morgan fingerprint density at radius 1 is 1.38 bits per heavy atom. The second kappa shape index (κ2) is 8.76. The highest BCUT2D eigenvalue weighted by molar-refractivity contribution is 5.58. The zero-order chi connectivity index (χ0) is 19.3. The van der Waals surface area contributed by atoms with E-state index in [1.54, 1.807) is 0 Å². The van der Waals surface area contributed by atoms with Gasteiger partial charge in [0.2, 0.25) is 0 Å². The Morgan fingerprint density at radius 2 is 2.12 bits per heavy atom. The molecular weight excluding hydrogens is 330 g/mol. The predicted octanol–water partition coefficient (Wildman–Crippen LogP) is 4.89. The van der Waals surface area contributed by atoms with Crippen molar-refractivity contribution in [3.63, 3.8) is 0 Å². The van der Waals surface area contributed by atoms with Gasteiger partial charge in [0, 0.05) is 24.9 Å². The summed E-state index contributed by atoms with van der Waals surface area (Å²) in [5, 5.41) is 9.50. The first-order valence-electron chi connectivity index (χ1n) is 9.77. The smallest absolute Gasteiger partial charge is 0.491 e. The highest BCUT2D eigenvalue weighted by Crippen LogP contribution is 2.45. The highest BCUT2D eigenvalue weighted by atomic mass is 16.7. The summed E-state index contributed by atoms with van der Waals surface area (Å²) in [6, 6.07) is 8.05. The van der Waals surface area contributed by atoms with Crippen LogP contribution in [-0.4, -0.2) is 41.4 Å². The Labute approximate surface area is 157 Å². The molecule has 0 saturated carbocycles. The third-order valence-electron chi connectivity index (χ3n) is 5.51. The van der Waals surface area contributed by atoms with Gasteiger partial charge in [0.1, 0.15) is 11.4 Å². The standard InChI is InChI=1S/C21H33NO4/c1-6-9-19-16(5)21(26-20(23)24,12-13-22(19)7-2)17-10-8-11-18(14-17)25-15(3)4/h8,10-11,14-16,19H,6-7,9,12-13H2,1-5H3,(H,23,24). The summed E-state index contributed by atoms with van der Waals surface area (Å²) in [7, 11) is 0. The SMILES string of the molecule is CCCC1C(C)C(OC(=O)O)(c2cccc(OC(C)C)c2)CCN1CC. The van der Waals surface area contributed by atoms with Crippen LogP contribution in [0.3, 0.4) is 0 Å². The molecular formula is C21H33NO4. The van der Waals surface area contributed by atoms with E-state index in [1.807, 2.05) is 38.1 Å². The molecule has 5 heteroatoms. The van der Waals surface area contributed by atoms with Gasteiger partial charge in [-0.15, -0.1) is 0 Å².